The molecule has 8 aromatic carbocycles. The minimum atomic E-state index is 0.799. The minimum Gasteiger partial charge on any atom is -0.311 e. The van der Waals surface area contributed by atoms with Crippen LogP contribution in [0.5, 0.6) is 0 Å². The largest absolute Gasteiger partial charge is 0.311 e. The molecule has 0 aliphatic rings. The first-order valence-electron chi connectivity index (χ1n) is 19.9. The van der Waals surface area contributed by atoms with Gasteiger partial charge in [0.25, 0.3) is 0 Å². The summed E-state index contributed by atoms with van der Waals surface area (Å²) in [5.74, 6) is 0.824. The fraction of sp³-hybridized carbons (Fsp3) is 0. The Morgan fingerprint density at radius 1 is 0.356 bits per heavy atom. The highest BCUT2D eigenvalue weighted by Gasteiger charge is 2.22. The number of anilines is 3. The van der Waals surface area contributed by atoms with Gasteiger partial charge in [0, 0.05) is 45.3 Å². The maximum absolute atomic E-state index is 5.46. The molecule has 0 aliphatic carbocycles. The molecule has 278 valence electrons. The Labute approximate surface area is 342 Å². The molecule has 0 N–H and O–H groups in total. The summed E-state index contributed by atoms with van der Waals surface area (Å²) in [4.78, 5) is 12.8. The summed E-state index contributed by atoms with van der Waals surface area (Å²) in [6.07, 6.45) is 1.90. The fourth-order valence-corrected chi connectivity index (χ4v) is 8.41. The third-order valence-electron chi connectivity index (χ3n) is 11.2. The number of fused-ring (bicyclic) bond motifs is 4. The van der Waals surface area contributed by atoms with Crippen molar-refractivity contribution < 1.29 is 0 Å². The molecule has 0 saturated heterocycles. The summed E-state index contributed by atoms with van der Waals surface area (Å²) in [7, 11) is 0. The molecule has 11 rings (SSSR count). The van der Waals surface area contributed by atoms with E-state index in [0.29, 0.717) is 0 Å². The lowest BCUT2D eigenvalue weighted by Gasteiger charge is -2.26. The first kappa shape index (κ1) is 34.2. The van der Waals surface area contributed by atoms with Crippen LogP contribution in [0, 0.1) is 0 Å². The second kappa shape index (κ2) is 14.5. The molecule has 0 atom stereocenters. The lowest BCUT2D eigenvalue weighted by atomic mass is 10.0. The van der Waals surface area contributed by atoms with Crippen molar-refractivity contribution in [2.24, 2.45) is 0 Å². The first-order valence-corrected chi connectivity index (χ1v) is 19.9. The summed E-state index contributed by atoms with van der Waals surface area (Å²) < 4.78 is 4.51. The van der Waals surface area contributed by atoms with Crippen molar-refractivity contribution in [3.05, 3.63) is 225 Å². The SMILES string of the molecule is c1ccc(-c2ccc(N(c3ccc(-c4ccccc4)cc3)c3ccc(-c4nc5c(-n6c7ccccc7c7ccccc76)ccnc5n4-c4ccccc4)cc3)cc2)cc1. The van der Waals surface area contributed by atoms with E-state index in [2.05, 4.69) is 226 Å². The maximum Gasteiger partial charge on any atom is 0.167 e. The third kappa shape index (κ3) is 6.04. The lowest BCUT2D eigenvalue weighted by Crippen LogP contribution is -2.10. The van der Waals surface area contributed by atoms with Crippen LogP contribution >= 0.6 is 0 Å². The number of pyridine rings is 1. The van der Waals surface area contributed by atoms with Gasteiger partial charge >= 0.3 is 0 Å². The monoisotopic (exact) mass is 755 g/mol. The lowest BCUT2D eigenvalue weighted by molar-refractivity contribution is 1.08. The molecule has 0 bridgehead atoms. The minimum absolute atomic E-state index is 0.799. The molecular weight excluding hydrogens is 719 g/mol. The van der Waals surface area contributed by atoms with Gasteiger partial charge in [-0.15, -0.1) is 0 Å². The van der Waals surface area contributed by atoms with Gasteiger partial charge in [-0.25, -0.2) is 9.97 Å². The van der Waals surface area contributed by atoms with Crippen LogP contribution in [0.4, 0.5) is 17.1 Å². The van der Waals surface area contributed by atoms with E-state index >= 15 is 0 Å². The van der Waals surface area contributed by atoms with E-state index in [1.807, 2.05) is 12.3 Å². The zero-order chi connectivity index (χ0) is 39.1. The van der Waals surface area contributed by atoms with Crippen LogP contribution in [-0.2, 0) is 0 Å². The number of para-hydroxylation sites is 3. The molecule has 0 amide bonds. The Balaban J connectivity index is 1.05. The van der Waals surface area contributed by atoms with Gasteiger partial charge in [0.1, 0.15) is 11.3 Å². The van der Waals surface area contributed by atoms with Crippen LogP contribution in [0.1, 0.15) is 0 Å². The molecule has 0 saturated carbocycles. The molecule has 0 radical (unpaired) electrons. The summed E-state index contributed by atoms with van der Waals surface area (Å²) in [5.41, 5.74) is 14.8. The highest BCUT2D eigenvalue weighted by atomic mass is 15.2. The Morgan fingerprint density at radius 2 is 0.780 bits per heavy atom. The van der Waals surface area contributed by atoms with Crippen molar-refractivity contribution in [1.82, 2.24) is 19.1 Å². The smallest absolute Gasteiger partial charge is 0.167 e. The van der Waals surface area contributed by atoms with E-state index in [1.54, 1.807) is 0 Å². The van der Waals surface area contributed by atoms with Gasteiger partial charge in [-0.05, 0) is 101 Å². The highest BCUT2D eigenvalue weighted by Crippen LogP contribution is 2.40. The van der Waals surface area contributed by atoms with Crippen molar-refractivity contribution in [3.8, 4) is 45.0 Å². The molecule has 11 aromatic rings. The number of hydrogen-bond donors (Lipinski definition) is 0. The number of rotatable bonds is 8. The fourth-order valence-electron chi connectivity index (χ4n) is 8.41. The zero-order valence-corrected chi connectivity index (χ0v) is 32.1. The van der Waals surface area contributed by atoms with Gasteiger partial charge in [-0.1, -0.05) is 140 Å². The van der Waals surface area contributed by atoms with Gasteiger partial charge < -0.3 is 9.47 Å². The highest BCUT2D eigenvalue weighted by molar-refractivity contribution is 6.10. The standard InChI is InChI=1S/C54H37N5/c1-4-14-38(15-5-1)40-24-30-44(31-25-40)57(45-32-26-41(27-33-45)39-16-6-2-7-17-39)46-34-28-42(29-35-46)53-56-52-51(36-37-55-54(52)58(53)43-18-8-3-9-19-43)59-49-22-12-10-20-47(49)48-21-11-13-23-50(48)59/h1-37H. The van der Waals surface area contributed by atoms with Crippen LogP contribution in [0.2, 0.25) is 0 Å². The molecule has 5 heteroatoms. The topological polar surface area (TPSA) is 38.9 Å². The van der Waals surface area contributed by atoms with Gasteiger partial charge in [-0.3, -0.25) is 4.57 Å². The first-order chi connectivity index (χ1) is 29.3. The summed E-state index contributed by atoms with van der Waals surface area (Å²) in [5, 5.41) is 2.42. The normalized spacial score (nSPS) is 11.4. The van der Waals surface area contributed by atoms with Gasteiger partial charge in [0.05, 0.1) is 16.7 Å². The number of hydrogen-bond acceptors (Lipinski definition) is 3. The van der Waals surface area contributed by atoms with Gasteiger partial charge in [0.2, 0.25) is 0 Å². The number of imidazole rings is 1. The summed E-state index contributed by atoms with van der Waals surface area (Å²) >= 11 is 0. The number of benzene rings is 8. The van der Waals surface area contributed by atoms with Crippen molar-refractivity contribution in [2.75, 3.05) is 4.90 Å². The second-order valence-corrected chi connectivity index (χ2v) is 14.7. The Bertz CT molecular complexity index is 3090. The number of nitrogens with zero attached hydrogens (tertiary/aromatic N) is 5. The quantitative estimate of drug-likeness (QED) is 0.155. The van der Waals surface area contributed by atoms with E-state index in [0.717, 1.165) is 62.0 Å². The molecule has 0 aliphatic heterocycles. The van der Waals surface area contributed by atoms with Crippen LogP contribution in [0.25, 0.3) is 78.0 Å². The molecule has 3 heterocycles. The van der Waals surface area contributed by atoms with Gasteiger partial charge in [0.15, 0.2) is 5.65 Å². The maximum atomic E-state index is 5.46. The third-order valence-corrected chi connectivity index (χ3v) is 11.2. The Morgan fingerprint density at radius 3 is 1.29 bits per heavy atom. The van der Waals surface area contributed by atoms with Crippen molar-refractivity contribution in [3.63, 3.8) is 0 Å². The molecule has 5 nitrogen and oxygen atoms in total. The van der Waals surface area contributed by atoms with Crippen molar-refractivity contribution in [1.29, 1.82) is 0 Å². The van der Waals surface area contributed by atoms with Crippen LogP contribution in [0.15, 0.2) is 225 Å². The van der Waals surface area contributed by atoms with Crippen molar-refractivity contribution >= 4 is 50.0 Å². The molecular formula is C54H37N5. The molecule has 0 unspecified atom stereocenters. The average molecular weight is 756 g/mol. The van der Waals surface area contributed by atoms with E-state index < -0.39 is 0 Å². The zero-order valence-electron chi connectivity index (χ0n) is 32.1. The summed E-state index contributed by atoms with van der Waals surface area (Å²) in [6, 6.07) is 77.1. The predicted octanol–water partition coefficient (Wildman–Crippen LogP) is 14.0. The van der Waals surface area contributed by atoms with E-state index in [-0.39, 0.29) is 0 Å². The average Bonchev–Trinajstić information content (AvgIpc) is 3.87. The van der Waals surface area contributed by atoms with E-state index in [9.17, 15) is 0 Å². The Hall–Kier alpha value is -8.02. The Kier molecular flexibility index (Phi) is 8.41. The number of aromatic nitrogens is 4. The second-order valence-electron chi connectivity index (χ2n) is 14.7. The van der Waals surface area contributed by atoms with E-state index in [1.165, 1.54) is 33.0 Å². The van der Waals surface area contributed by atoms with E-state index in [4.69, 9.17) is 9.97 Å². The van der Waals surface area contributed by atoms with Crippen LogP contribution in [0.3, 0.4) is 0 Å². The summed E-state index contributed by atoms with van der Waals surface area (Å²) in [6.45, 7) is 0. The molecule has 3 aromatic heterocycles. The van der Waals surface area contributed by atoms with Gasteiger partial charge in [-0.2, -0.15) is 0 Å². The molecule has 0 spiro atoms. The molecule has 59 heavy (non-hydrogen) atoms. The van der Waals surface area contributed by atoms with Crippen LogP contribution in [-0.4, -0.2) is 19.1 Å². The van der Waals surface area contributed by atoms with Crippen LogP contribution < -0.4 is 4.90 Å². The predicted molar refractivity (Wildman–Crippen MR) is 244 cm³/mol. The van der Waals surface area contributed by atoms with Crippen molar-refractivity contribution in [2.45, 2.75) is 0 Å². The molecule has 0 fully saturated rings.